The van der Waals surface area contributed by atoms with Gasteiger partial charge >= 0.3 is 17.6 Å². The average molecular weight is 485 g/mol. The Morgan fingerprint density at radius 2 is 1.59 bits per heavy atom. The summed E-state index contributed by atoms with van der Waals surface area (Å²) < 4.78 is 23.9. The number of benzene rings is 2. The van der Waals surface area contributed by atoms with Gasteiger partial charge in [-0.15, -0.1) is 0 Å². The molecule has 1 saturated heterocycles. The second-order valence-corrected chi connectivity index (χ2v) is 7.79. The van der Waals surface area contributed by atoms with E-state index in [-0.39, 0.29) is 11.8 Å². The van der Waals surface area contributed by atoms with E-state index in [0.717, 1.165) is 0 Å². The van der Waals surface area contributed by atoms with Crippen LogP contribution in [0.1, 0.15) is 26.9 Å². The molecule has 10 heteroatoms. The Morgan fingerprint density at radius 1 is 0.971 bits per heavy atom. The van der Waals surface area contributed by atoms with Crippen LogP contribution in [0.5, 0.6) is 0 Å². The maximum Gasteiger partial charge on any atom is 0.351 e. The molecule has 0 bridgehead atoms. The maximum atomic E-state index is 12.8. The number of nitrogens with zero attached hydrogens (tertiary/aromatic N) is 2. The highest BCUT2D eigenvalue weighted by Gasteiger charge is 2.49. The van der Waals surface area contributed by atoms with Crippen molar-refractivity contribution in [3.8, 4) is 0 Å². The van der Waals surface area contributed by atoms with Gasteiger partial charge in [-0.1, -0.05) is 48.0 Å². The first-order valence-corrected chi connectivity index (χ1v) is 10.8. The van der Waals surface area contributed by atoms with Gasteiger partial charge in [0.2, 0.25) is 0 Å². The monoisotopic (exact) mass is 484 g/mol. The van der Waals surface area contributed by atoms with Crippen LogP contribution < -0.4 is 5.69 Å². The van der Waals surface area contributed by atoms with E-state index in [9.17, 15) is 14.4 Å². The molecule has 9 nitrogen and oxygen atoms in total. The van der Waals surface area contributed by atoms with E-state index >= 15 is 0 Å². The lowest BCUT2D eigenvalue weighted by Gasteiger charge is -2.23. The quantitative estimate of drug-likeness (QED) is 0.372. The molecule has 4 atom stereocenters. The zero-order chi connectivity index (χ0) is 24.1. The molecule has 0 spiro atoms. The maximum absolute atomic E-state index is 12.8. The number of esters is 2. The second kappa shape index (κ2) is 10.6. The molecule has 34 heavy (non-hydrogen) atoms. The lowest BCUT2D eigenvalue weighted by Crippen LogP contribution is -2.41. The van der Waals surface area contributed by atoms with Crippen molar-refractivity contribution in [2.75, 3.05) is 13.7 Å². The van der Waals surface area contributed by atoms with Crippen LogP contribution in [-0.2, 0) is 18.9 Å². The van der Waals surface area contributed by atoms with E-state index in [0.29, 0.717) is 11.1 Å². The van der Waals surface area contributed by atoms with Crippen LogP contribution in [-0.4, -0.2) is 53.5 Å². The zero-order valence-corrected chi connectivity index (χ0v) is 18.8. The minimum atomic E-state index is -1.00. The number of hydrogen-bond acceptors (Lipinski definition) is 8. The lowest BCUT2D eigenvalue weighted by molar-refractivity contribution is -0.0657. The number of methoxy groups -OCH3 is 1. The first-order valence-electron chi connectivity index (χ1n) is 10.4. The Kier molecular flexibility index (Phi) is 7.36. The number of halogens is 1. The Hall–Kier alpha value is -3.53. The molecule has 1 aliphatic rings. The molecule has 3 aromatic rings. The number of carbonyl (C=O) groups excluding carboxylic acids is 2. The molecule has 0 radical (unpaired) electrons. The van der Waals surface area contributed by atoms with Crippen molar-refractivity contribution >= 4 is 23.5 Å². The van der Waals surface area contributed by atoms with Gasteiger partial charge in [-0.05, 0) is 30.3 Å². The van der Waals surface area contributed by atoms with E-state index < -0.39 is 42.2 Å². The third kappa shape index (κ3) is 5.17. The number of rotatable bonds is 7. The van der Waals surface area contributed by atoms with Crippen LogP contribution in [0, 0.1) is 0 Å². The molecule has 1 fully saturated rings. The van der Waals surface area contributed by atoms with E-state index in [4.69, 9.17) is 30.5 Å². The van der Waals surface area contributed by atoms with Gasteiger partial charge in [0.1, 0.15) is 24.0 Å². The molecule has 2 aromatic carbocycles. The fraction of sp³-hybridized carbons (Fsp3) is 0.250. The molecule has 1 aromatic heterocycles. The van der Waals surface area contributed by atoms with Crippen LogP contribution in [0.15, 0.2) is 77.7 Å². The Bertz CT molecular complexity index is 1200. The van der Waals surface area contributed by atoms with Gasteiger partial charge in [0.15, 0.2) is 12.3 Å². The molecule has 2 heterocycles. The van der Waals surface area contributed by atoms with Crippen molar-refractivity contribution in [3.63, 3.8) is 0 Å². The highest BCUT2D eigenvalue weighted by atomic mass is 35.5. The van der Waals surface area contributed by atoms with E-state index in [1.165, 1.54) is 23.9 Å². The van der Waals surface area contributed by atoms with Crippen molar-refractivity contribution in [2.45, 2.75) is 24.5 Å². The van der Waals surface area contributed by atoms with E-state index in [1.807, 2.05) is 0 Å². The highest BCUT2D eigenvalue weighted by molar-refractivity contribution is 6.29. The normalized spacial score (nSPS) is 21.7. The van der Waals surface area contributed by atoms with Crippen LogP contribution >= 0.6 is 11.6 Å². The molecule has 176 valence electrons. The number of hydrogen-bond donors (Lipinski definition) is 0. The van der Waals surface area contributed by atoms with Gasteiger partial charge in [-0.2, -0.15) is 4.98 Å². The molecular formula is C24H21ClN2O7. The SMILES string of the molecule is CO[C@@H]1[C@H](OC(=O)c2ccccc2)[C@@H](COC(=O)c2ccccc2)O[C@H]1n1ccc(Cl)nc1=O. The summed E-state index contributed by atoms with van der Waals surface area (Å²) in [6.45, 7) is -0.243. The fourth-order valence-corrected chi connectivity index (χ4v) is 3.75. The lowest BCUT2D eigenvalue weighted by atomic mass is 10.1. The summed E-state index contributed by atoms with van der Waals surface area (Å²) in [6.07, 6.45) is -2.40. The molecule has 1 aliphatic heterocycles. The first kappa shape index (κ1) is 23.6. The minimum absolute atomic E-state index is 0.0219. The largest absolute Gasteiger partial charge is 0.459 e. The molecule has 4 rings (SSSR count). The summed E-state index contributed by atoms with van der Waals surface area (Å²) in [7, 11) is 1.40. The minimum Gasteiger partial charge on any atom is -0.459 e. The molecule has 0 N–H and O–H groups in total. The van der Waals surface area contributed by atoms with Crippen molar-refractivity contribution < 1.29 is 28.5 Å². The van der Waals surface area contributed by atoms with Crippen molar-refractivity contribution in [2.24, 2.45) is 0 Å². The van der Waals surface area contributed by atoms with Gasteiger partial charge in [0, 0.05) is 13.3 Å². The van der Waals surface area contributed by atoms with Crippen LogP contribution in [0.25, 0.3) is 0 Å². The number of aromatic nitrogens is 2. The summed E-state index contributed by atoms with van der Waals surface area (Å²) in [5.41, 5.74) is 0.0112. The molecule has 0 amide bonds. The zero-order valence-electron chi connectivity index (χ0n) is 18.1. The Balaban J connectivity index is 1.59. The topological polar surface area (TPSA) is 106 Å². The molecular weight excluding hydrogens is 464 g/mol. The van der Waals surface area contributed by atoms with Crippen LogP contribution in [0.2, 0.25) is 5.15 Å². The summed E-state index contributed by atoms with van der Waals surface area (Å²) in [6, 6.07) is 18.3. The van der Waals surface area contributed by atoms with Gasteiger partial charge in [-0.25, -0.2) is 14.4 Å². The fourth-order valence-electron chi connectivity index (χ4n) is 3.63. The summed E-state index contributed by atoms with van der Waals surface area (Å²) in [5.74, 6) is -1.18. The van der Waals surface area contributed by atoms with Gasteiger partial charge in [0.05, 0.1) is 11.1 Å². The summed E-state index contributed by atoms with van der Waals surface area (Å²) in [5, 5.41) is 0.0219. The predicted molar refractivity (Wildman–Crippen MR) is 121 cm³/mol. The average Bonchev–Trinajstić information content (AvgIpc) is 3.20. The van der Waals surface area contributed by atoms with Crippen molar-refractivity contribution in [3.05, 3.63) is 99.7 Å². The van der Waals surface area contributed by atoms with Crippen LogP contribution in [0.3, 0.4) is 0 Å². The van der Waals surface area contributed by atoms with E-state index in [2.05, 4.69) is 4.98 Å². The Labute approximate surface area is 199 Å². The standard InChI is InChI=1S/C24H21ClN2O7/c1-31-20-19(34-23(29)16-10-6-3-7-11-16)17(14-32-22(28)15-8-4-2-5-9-15)33-21(20)27-13-12-18(25)26-24(27)30/h2-13,17,19-21H,14H2,1H3/t17-,19-,20-,21-/m1/s1. The Morgan fingerprint density at radius 3 is 2.18 bits per heavy atom. The second-order valence-electron chi connectivity index (χ2n) is 7.41. The van der Waals surface area contributed by atoms with Crippen molar-refractivity contribution in [1.82, 2.24) is 9.55 Å². The molecule has 0 saturated carbocycles. The predicted octanol–water partition coefficient (Wildman–Crippen LogP) is 2.89. The molecule has 0 aliphatic carbocycles. The van der Waals surface area contributed by atoms with Gasteiger partial charge in [0.25, 0.3) is 0 Å². The van der Waals surface area contributed by atoms with Crippen molar-refractivity contribution in [1.29, 1.82) is 0 Å². The number of carbonyl (C=O) groups is 2. The summed E-state index contributed by atoms with van der Waals surface area (Å²) in [4.78, 5) is 41.4. The van der Waals surface area contributed by atoms with Gasteiger partial charge < -0.3 is 18.9 Å². The summed E-state index contributed by atoms with van der Waals surface area (Å²) >= 11 is 5.81. The van der Waals surface area contributed by atoms with Crippen LogP contribution in [0.4, 0.5) is 0 Å². The van der Waals surface area contributed by atoms with Gasteiger partial charge in [-0.3, -0.25) is 4.57 Å². The first-order chi connectivity index (χ1) is 16.5. The molecule has 0 unspecified atom stereocenters. The third-order valence-corrected chi connectivity index (χ3v) is 5.48. The number of ether oxygens (including phenoxy) is 4. The highest BCUT2D eigenvalue weighted by Crippen LogP contribution is 2.33. The third-order valence-electron chi connectivity index (χ3n) is 5.27. The van der Waals surface area contributed by atoms with E-state index in [1.54, 1.807) is 60.7 Å². The smallest absolute Gasteiger partial charge is 0.351 e.